The first kappa shape index (κ1) is 28.9. The zero-order chi connectivity index (χ0) is 29.3. The molecule has 0 bridgehead atoms. The van der Waals surface area contributed by atoms with Gasteiger partial charge in [0.2, 0.25) is 0 Å². The number of nitrogens with two attached hydrogens (primary N) is 2. The second-order valence-corrected chi connectivity index (χ2v) is 11.5. The van der Waals surface area contributed by atoms with Crippen molar-refractivity contribution in [1.82, 2.24) is 19.9 Å². The standard InChI is InChI=1S/C30H35ClFN7O2/c1-16(33)3-2-4-17-9-22(27(32)23(31)10-17)24-13-20-15-39(30(41)38-29(20)37-24)21-7-5-19(6-8-21)28(40)25-11-18(14-36-25)12-26(34)35/h5-10,13,15-16,18,25,28,36,40H,2-4,11-12,14,33H2,1H3,(H3,34,35)(H,37,38,41)/t16-,18-,25-,28+/m0/s1. The Morgan fingerprint density at radius 2 is 2.05 bits per heavy atom. The van der Waals surface area contributed by atoms with E-state index in [1.165, 1.54) is 4.57 Å². The summed E-state index contributed by atoms with van der Waals surface area (Å²) in [5.41, 5.74) is 14.2. The highest BCUT2D eigenvalue weighted by molar-refractivity contribution is 6.31. The van der Waals surface area contributed by atoms with Crippen molar-refractivity contribution in [3.63, 3.8) is 0 Å². The van der Waals surface area contributed by atoms with E-state index in [2.05, 4.69) is 15.3 Å². The fraction of sp³-hybridized carbons (Fsp3) is 0.367. The van der Waals surface area contributed by atoms with Crippen molar-refractivity contribution < 1.29 is 9.50 Å². The van der Waals surface area contributed by atoms with Crippen molar-refractivity contribution in [2.45, 2.75) is 57.2 Å². The van der Waals surface area contributed by atoms with Gasteiger partial charge in [0.25, 0.3) is 0 Å². The lowest BCUT2D eigenvalue weighted by Crippen LogP contribution is -2.28. The van der Waals surface area contributed by atoms with E-state index in [1.54, 1.807) is 48.7 Å². The van der Waals surface area contributed by atoms with E-state index in [9.17, 15) is 9.90 Å². The third-order valence-corrected chi connectivity index (χ3v) is 7.94. The highest BCUT2D eigenvalue weighted by Gasteiger charge is 2.30. The summed E-state index contributed by atoms with van der Waals surface area (Å²) >= 11 is 6.22. The number of hydrogen-bond donors (Lipinski definition) is 6. The SMILES string of the molecule is C[C@H](N)CCCc1cc(Cl)c(F)c(-c2cc3cn(-c4ccc([C@@H](O)[C@@H]5C[C@@H](CC(=N)N)CN5)cc4)c(=O)nc3[nH]2)c1. The van der Waals surface area contributed by atoms with Gasteiger partial charge in [0.1, 0.15) is 5.65 Å². The van der Waals surface area contributed by atoms with Crippen LogP contribution < -0.4 is 22.5 Å². The molecule has 216 valence electrons. The molecule has 1 aliphatic rings. The number of halogens is 2. The van der Waals surface area contributed by atoms with Gasteiger partial charge in [-0.1, -0.05) is 23.7 Å². The van der Waals surface area contributed by atoms with Gasteiger partial charge < -0.3 is 26.9 Å². The van der Waals surface area contributed by atoms with Crippen molar-refractivity contribution >= 4 is 28.5 Å². The Balaban J connectivity index is 1.37. The Hall–Kier alpha value is -3.57. The molecule has 0 radical (unpaired) electrons. The molecule has 0 saturated carbocycles. The lowest BCUT2D eigenvalue weighted by Gasteiger charge is -2.19. The lowest BCUT2D eigenvalue weighted by atomic mass is 9.95. The predicted octanol–water partition coefficient (Wildman–Crippen LogP) is 4.18. The van der Waals surface area contributed by atoms with Crippen LogP contribution in [0, 0.1) is 17.1 Å². The van der Waals surface area contributed by atoms with Crippen molar-refractivity contribution in [2.24, 2.45) is 17.4 Å². The molecule has 4 atom stereocenters. The largest absolute Gasteiger partial charge is 0.388 e. The number of rotatable bonds is 10. The summed E-state index contributed by atoms with van der Waals surface area (Å²) in [6, 6.07) is 12.2. The van der Waals surface area contributed by atoms with Crippen LogP contribution in [-0.2, 0) is 6.42 Å². The fourth-order valence-electron chi connectivity index (χ4n) is 5.55. The average molecular weight is 580 g/mol. The number of hydrogen-bond acceptors (Lipinski definition) is 6. The molecule has 2 aromatic heterocycles. The first-order valence-corrected chi connectivity index (χ1v) is 14.2. The van der Waals surface area contributed by atoms with Crippen molar-refractivity contribution in [3.8, 4) is 16.9 Å². The van der Waals surface area contributed by atoms with E-state index < -0.39 is 17.6 Å². The summed E-state index contributed by atoms with van der Waals surface area (Å²) in [4.78, 5) is 20.2. The molecular formula is C30H35ClFN7O2. The molecule has 0 aliphatic carbocycles. The molecule has 0 amide bonds. The second kappa shape index (κ2) is 12.1. The summed E-state index contributed by atoms with van der Waals surface area (Å²) < 4.78 is 16.5. The fourth-order valence-corrected chi connectivity index (χ4v) is 5.80. The van der Waals surface area contributed by atoms with Crippen LogP contribution in [0.15, 0.2) is 53.5 Å². The van der Waals surface area contributed by atoms with Gasteiger partial charge in [0.15, 0.2) is 5.82 Å². The summed E-state index contributed by atoms with van der Waals surface area (Å²) in [5, 5.41) is 22.4. The quantitative estimate of drug-likeness (QED) is 0.122. The van der Waals surface area contributed by atoms with Crippen molar-refractivity contribution in [3.05, 3.63) is 81.1 Å². The molecule has 0 unspecified atom stereocenters. The maximum Gasteiger partial charge on any atom is 0.354 e. The van der Waals surface area contributed by atoms with Gasteiger partial charge in [-0.05, 0) is 86.5 Å². The molecular weight excluding hydrogens is 545 g/mol. The van der Waals surface area contributed by atoms with E-state index >= 15 is 4.39 Å². The van der Waals surface area contributed by atoms with E-state index in [0.717, 1.165) is 31.2 Å². The predicted molar refractivity (Wildman–Crippen MR) is 160 cm³/mol. The molecule has 11 heteroatoms. The van der Waals surface area contributed by atoms with Gasteiger partial charge in [0.05, 0.1) is 28.3 Å². The molecule has 1 fully saturated rings. The lowest BCUT2D eigenvalue weighted by molar-refractivity contribution is 0.136. The number of aromatic nitrogens is 3. The second-order valence-electron chi connectivity index (χ2n) is 11.1. The van der Waals surface area contributed by atoms with Gasteiger partial charge in [-0.3, -0.25) is 9.98 Å². The van der Waals surface area contributed by atoms with Gasteiger partial charge in [-0.15, -0.1) is 0 Å². The van der Waals surface area contributed by atoms with Crippen LogP contribution >= 0.6 is 11.6 Å². The van der Waals surface area contributed by atoms with Crippen LogP contribution in [0.5, 0.6) is 0 Å². The number of fused-ring (bicyclic) bond motifs is 1. The number of aryl methyl sites for hydroxylation is 1. The van der Waals surface area contributed by atoms with Crippen molar-refractivity contribution in [2.75, 3.05) is 6.54 Å². The number of aliphatic hydroxyl groups excluding tert-OH is 1. The Kier molecular flexibility index (Phi) is 8.55. The summed E-state index contributed by atoms with van der Waals surface area (Å²) in [5.74, 6) is -0.166. The van der Waals surface area contributed by atoms with Gasteiger partial charge in [-0.25, -0.2) is 9.18 Å². The summed E-state index contributed by atoms with van der Waals surface area (Å²) in [7, 11) is 0. The van der Waals surface area contributed by atoms with E-state index in [-0.39, 0.29) is 28.9 Å². The zero-order valence-corrected chi connectivity index (χ0v) is 23.6. The molecule has 5 rings (SSSR count). The van der Waals surface area contributed by atoms with Crippen LogP contribution in [0.2, 0.25) is 5.02 Å². The maximum absolute atomic E-state index is 15.1. The van der Waals surface area contributed by atoms with Crippen LogP contribution in [0.3, 0.4) is 0 Å². The number of nitrogens with zero attached hydrogens (tertiary/aromatic N) is 2. The molecule has 1 saturated heterocycles. The first-order chi connectivity index (χ1) is 19.6. The molecule has 41 heavy (non-hydrogen) atoms. The molecule has 9 nitrogen and oxygen atoms in total. The maximum atomic E-state index is 15.1. The summed E-state index contributed by atoms with van der Waals surface area (Å²) in [6.45, 7) is 2.66. The van der Waals surface area contributed by atoms with Crippen LogP contribution in [0.25, 0.3) is 28.0 Å². The Bertz CT molecular complexity index is 1620. The van der Waals surface area contributed by atoms with Crippen LogP contribution in [-0.4, -0.2) is 44.1 Å². The van der Waals surface area contributed by atoms with Gasteiger partial charge in [-0.2, -0.15) is 4.98 Å². The number of amidine groups is 1. The molecule has 3 heterocycles. The normalized spacial score (nSPS) is 18.6. The molecule has 1 aliphatic heterocycles. The zero-order valence-electron chi connectivity index (χ0n) is 22.8. The van der Waals surface area contributed by atoms with E-state index in [4.69, 9.17) is 28.5 Å². The average Bonchev–Trinajstić information content (AvgIpc) is 3.56. The molecule has 0 spiro atoms. The molecule has 2 aromatic carbocycles. The topological polar surface area (TPSA) is 159 Å². The minimum atomic E-state index is -0.734. The number of H-pyrrole nitrogens is 1. The number of nitrogens with one attached hydrogen (secondary N) is 3. The smallest absolute Gasteiger partial charge is 0.354 e. The van der Waals surface area contributed by atoms with Crippen molar-refractivity contribution in [1.29, 1.82) is 5.41 Å². The Labute approximate surface area is 242 Å². The first-order valence-electron chi connectivity index (χ1n) is 13.8. The minimum Gasteiger partial charge on any atom is -0.388 e. The van der Waals surface area contributed by atoms with Gasteiger partial charge >= 0.3 is 5.69 Å². The monoisotopic (exact) mass is 579 g/mol. The Morgan fingerprint density at radius 1 is 1.29 bits per heavy atom. The van der Waals surface area contributed by atoms with E-state index in [1.807, 2.05) is 6.92 Å². The number of benzene rings is 2. The third-order valence-electron chi connectivity index (χ3n) is 7.67. The highest BCUT2D eigenvalue weighted by atomic mass is 35.5. The van der Waals surface area contributed by atoms with Crippen LogP contribution in [0.1, 0.15) is 49.8 Å². The summed E-state index contributed by atoms with van der Waals surface area (Å²) in [6.07, 6.45) is 4.59. The molecule has 4 aromatic rings. The van der Waals surface area contributed by atoms with E-state index in [0.29, 0.717) is 46.5 Å². The minimum absolute atomic E-state index is 0.0361. The third kappa shape index (κ3) is 6.51. The van der Waals surface area contributed by atoms with Crippen LogP contribution in [0.4, 0.5) is 4.39 Å². The molecule has 8 N–H and O–H groups in total. The number of aliphatic hydroxyl groups is 1. The Morgan fingerprint density at radius 3 is 2.76 bits per heavy atom. The number of aromatic amines is 1. The van der Waals surface area contributed by atoms with Gasteiger partial charge in [0, 0.05) is 35.7 Å². The highest BCUT2D eigenvalue weighted by Crippen LogP contribution is 2.32.